The van der Waals surface area contributed by atoms with E-state index in [4.69, 9.17) is 9.26 Å². The van der Waals surface area contributed by atoms with Crippen LogP contribution in [0.3, 0.4) is 0 Å². The molecule has 2 rings (SSSR count). The van der Waals surface area contributed by atoms with E-state index in [9.17, 15) is 0 Å². The van der Waals surface area contributed by atoms with Crippen LogP contribution in [0.15, 0.2) is 9.52 Å². The van der Waals surface area contributed by atoms with Gasteiger partial charge in [0.15, 0.2) is 5.96 Å². The molecule has 0 radical (unpaired) electrons. The molecule has 0 aliphatic carbocycles. The lowest BCUT2D eigenvalue weighted by Gasteiger charge is -2.40. The highest BCUT2D eigenvalue weighted by Gasteiger charge is 2.35. The minimum absolute atomic E-state index is 0.160. The van der Waals surface area contributed by atoms with E-state index in [0.29, 0.717) is 5.92 Å². The Morgan fingerprint density at radius 3 is 2.64 bits per heavy atom. The van der Waals surface area contributed by atoms with Crippen LogP contribution in [0, 0.1) is 25.2 Å². The Labute approximate surface area is 151 Å². The van der Waals surface area contributed by atoms with Gasteiger partial charge < -0.3 is 19.9 Å². The molecule has 2 unspecified atom stereocenters. The van der Waals surface area contributed by atoms with E-state index in [0.717, 1.165) is 50.0 Å². The number of nitrogens with zero attached hydrogens (tertiary/aromatic N) is 2. The van der Waals surface area contributed by atoms with Crippen LogP contribution in [-0.4, -0.2) is 44.0 Å². The van der Waals surface area contributed by atoms with Gasteiger partial charge in [0.25, 0.3) is 0 Å². The van der Waals surface area contributed by atoms with Gasteiger partial charge in [-0.25, -0.2) is 0 Å². The van der Waals surface area contributed by atoms with Crippen LogP contribution in [0.4, 0.5) is 0 Å². The zero-order chi connectivity index (χ0) is 18.4. The number of aromatic nitrogens is 1. The highest BCUT2D eigenvalue weighted by molar-refractivity contribution is 5.79. The topological polar surface area (TPSA) is 71.7 Å². The second kappa shape index (κ2) is 8.70. The number of nitrogens with one attached hydrogen (secondary N) is 2. The summed E-state index contributed by atoms with van der Waals surface area (Å²) in [6.45, 7) is 13.3. The number of ether oxygens (including phenoxy) is 1. The maximum absolute atomic E-state index is 6.06. The molecule has 1 aromatic heterocycles. The first kappa shape index (κ1) is 19.8. The Kier molecular flexibility index (Phi) is 6.87. The van der Waals surface area contributed by atoms with E-state index >= 15 is 0 Å². The predicted molar refractivity (Wildman–Crippen MR) is 101 cm³/mol. The standard InChI is InChI=1S/C19H34N4O2/c1-13-16(14(2)25-23-13)9-10-21-18(20-6)22-12-15-8-7-11-24-17(15)19(3,4)5/h15,17H,7-12H2,1-6H3,(H2,20,21,22). The first-order valence-corrected chi connectivity index (χ1v) is 9.30. The molecule has 1 fully saturated rings. The molecule has 1 saturated heterocycles. The van der Waals surface area contributed by atoms with Gasteiger partial charge in [-0.2, -0.15) is 0 Å². The van der Waals surface area contributed by atoms with Crippen molar-refractivity contribution in [3.8, 4) is 0 Å². The van der Waals surface area contributed by atoms with Crippen molar-refractivity contribution in [2.24, 2.45) is 16.3 Å². The first-order valence-electron chi connectivity index (χ1n) is 9.30. The normalized spacial score (nSPS) is 22.1. The van der Waals surface area contributed by atoms with Crippen LogP contribution < -0.4 is 10.6 Å². The van der Waals surface area contributed by atoms with Gasteiger partial charge in [-0.15, -0.1) is 0 Å². The van der Waals surface area contributed by atoms with Crippen molar-refractivity contribution in [2.45, 2.75) is 60.0 Å². The van der Waals surface area contributed by atoms with Crippen molar-refractivity contribution < 1.29 is 9.26 Å². The Morgan fingerprint density at radius 1 is 1.28 bits per heavy atom. The summed E-state index contributed by atoms with van der Waals surface area (Å²) in [7, 11) is 1.81. The molecule has 1 aliphatic rings. The van der Waals surface area contributed by atoms with E-state index in [1.54, 1.807) is 0 Å². The summed E-state index contributed by atoms with van der Waals surface area (Å²) in [5.74, 6) is 2.24. The molecule has 0 amide bonds. The third-order valence-electron chi connectivity index (χ3n) is 4.90. The molecular weight excluding hydrogens is 316 g/mol. The summed E-state index contributed by atoms with van der Waals surface area (Å²) in [6.07, 6.45) is 3.50. The summed E-state index contributed by atoms with van der Waals surface area (Å²) in [5.41, 5.74) is 2.30. The Hall–Kier alpha value is -1.56. The minimum atomic E-state index is 0.160. The number of rotatable bonds is 5. The molecule has 1 aromatic rings. The van der Waals surface area contributed by atoms with Crippen molar-refractivity contribution in [3.63, 3.8) is 0 Å². The summed E-state index contributed by atoms with van der Waals surface area (Å²) in [4.78, 5) is 4.34. The van der Waals surface area contributed by atoms with Gasteiger partial charge in [0, 0.05) is 38.2 Å². The molecule has 142 valence electrons. The lowest BCUT2D eigenvalue weighted by molar-refractivity contribution is -0.0835. The lowest BCUT2D eigenvalue weighted by atomic mass is 9.78. The fraction of sp³-hybridized carbons (Fsp3) is 0.789. The minimum Gasteiger partial charge on any atom is -0.377 e. The average Bonchev–Trinajstić information content (AvgIpc) is 2.89. The van der Waals surface area contributed by atoms with Crippen LogP contribution in [0.25, 0.3) is 0 Å². The second-order valence-corrected chi connectivity index (χ2v) is 7.99. The number of hydrogen-bond donors (Lipinski definition) is 2. The van der Waals surface area contributed by atoms with Gasteiger partial charge in [-0.1, -0.05) is 25.9 Å². The molecule has 2 heterocycles. The highest BCUT2D eigenvalue weighted by atomic mass is 16.5. The average molecular weight is 351 g/mol. The maximum atomic E-state index is 6.06. The molecule has 1 aliphatic heterocycles. The van der Waals surface area contributed by atoms with E-state index in [1.165, 1.54) is 12.0 Å². The summed E-state index contributed by atoms with van der Waals surface area (Å²) < 4.78 is 11.3. The summed E-state index contributed by atoms with van der Waals surface area (Å²) in [5, 5.41) is 10.9. The summed E-state index contributed by atoms with van der Waals surface area (Å²) >= 11 is 0. The van der Waals surface area contributed by atoms with E-state index in [2.05, 4.69) is 41.6 Å². The highest BCUT2D eigenvalue weighted by Crippen LogP contribution is 2.33. The Bertz CT molecular complexity index is 555. The van der Waals surface area contributed by atoms with E-state index in [-0.39, 0.29) is 11.5 Å². The van der Waals surface area contributed by atoms with Gasteiger partial charge in [-0.05, 0) is 38.5 Å². The van der Waals surface area contributed by atoms with Crippen molar-refractivity contribution in [2.75, 3.05) is 26.7 Å². The molecule has 6 heteroatoms. The van der Waals surface area contributed by atoms with Crippen molar-refractivity contribution in [1.29, 1.82) is 0 Å². The van der Waals surface area contributed by atoms with Gasteiger partial charge in [0.05, 0.1) is 11.8 Å². The Balaban J connectivity index is 1.81. The SMILES string of the molecule is CN=C(NCCc1c(C)noc1C)NCC1CCCOC1C(C)(C)C. The third kappa shape index (κ3) is 5.46. The molecule has 25 heavy (non-hydrogen) atoms. The number of hydrogen-bond acceptors (Lipinski definition) is 4. The molecule has 2 atom stereocenters. The van der Waals surface area contributed by atoms with Crippen LogP contribution in [-0.2, 0) is 11.2 Å². The molecule has 0 spiro atoms. The van der Waals surface area contributed by atoms with Gasteiger partial charge in [0.2, 0.25) is 0 Å². The van der Waals surface area contributed by atoms with E-state index in [1.807, 2.05) is 20.9 Å². The van der Waals surface area contributed by atoms with Crippen molar-refractivity contribution >= 4 is 5.96 Å². The fourth-order valence-corrected chi connectivity index (χ4v) is 3.62. The quantitative estimate of drug-likeness (QED) is 0.631. The van der Waals surface area contributed by atoms with Crippen LogP contribution >= 0.6 is 0 Å². The number of aliphatic imine (C=N–C) groups is 1. The monoisotopic (exact) mass is 350 g/mol. The predicted octanol–water partition coefficient (Wildman–Crippen LogP) is 2.84. The van der Waals surface area contributed by atoms with Gasteiger partial charge >= 0.3 is 0 Å². The van der Waals surface area contributed by atoms with Gasteiger partial charge in [-0.3, -0.25) is 4.99 Å². The van der Waals surface area contributed by atoms with Gasteiger partial charge in [0.1, 0.15) is 5.76 Å². The van der Waals surface area contributed by atoms with Crippen molar-refractivity contribution in [1.82, 2.24) is 15.8 Å². The third-order valence-corrected chi connectivity index (χ3v) is 4.90. The molecule has 2 N–H and O–H groups in total. The molecule has 0 bridgehead atoms. The summed E-state index contributed by atoms with van der Waals surface area (Å²) in [6, 6.07) is 0. The zero-order valence-electron chi connectivity index (χ0n) is 16.6. The molecule has 6 nitrogen and oxygen atoms in total. The Morgan fingerprint density at radius 2 is 2.04 bits per heavy atom. The van der Waals surface area contributed by atoms with Crippen LogP contribution in [0.1, 0.15) is 50.6 Å². The van der Waals surface area contributed by atoms with Crippen molar-refractivity contribution in [3.05, 3.63) is 17.0 Å². The fourth-order valence-electron chi connectivity index (χ4n) is 3.62. The number of aryl methyl sites for hydroxylation is 2. The zero-order valence-corrected chi connectivity index (χ0v) is 16.6. The molecule has 0 aromatic carbocycles. The largest absolute Gasteiger partial charge is 0.377 e. The lowest BCUT2D eigenvalue weighted by Crippen LogP contribution is -2.47. The van der Waals surface area contributed by atoms with E-state index < -0.39 is 0 Å². The maximum Gasteiger partial charge on any atom is 0.190 e. The van der Waals surface area contributed by atoms with Crippen LogP contribution in [0.2, 0.25) is 0 Å². The van der Waals surface area contributed by atoms with Crippen LogP contribution in [0.5, 0.6) is 0 Å². The second-order valence-electron chi connectivity index (χ2n) is 7.99. The number of guanidine groups is 1. The smallest absolute Gasteiger partial charge is 0.190 e. The first-order chi connectivity index (χ1) is 11.8. The molecular formula is C19H34N4O2. The molecule has 0 saturated carbocycles.